The lowest BCUT2D eigenvalue weighted by atomic mass is 9.97. The Balaban J connectivity index is 2.72. The van der Waals surface area contributed by atoms with Gasteiger partial charge >= 0.3 is 5.97 Å². The van der Waals surface area contributed by atoms with Crippen LogP contribution in [0.5, 0.6) is 5.75 Å². The van der Waals surface area contributed by atoms with Crippen molar-refractivity contribution in [3.05, 3.63) is 41.2 Å². The molecule has 0 N–H and O–H groups in total. The van der Waals surface area contributed by atoms with E-state index in [9.17, 15) is 9.18 Å². The standard InChI is InChI=1S/C17H15FO3/c1-4-14-12(9-16(19)20-3)8-11-6-7-13(18)10-15(11)17(14)21-5-2/h1,6-8,10H,5,9H2,2-3H3. The SMILES string of the molecule is C#Cc1c(CC(=O)OC)cc2ccc(F)cc2c1OCC. The molecule has 2 aromatic rings. The number of halogens is 1. The van der Waals surface area contributed by atoms with Gasteiger partial charge in [-0.05, 0) is 36.1 Å². The first kappa shape index (κ1) is 14.9. The normalized spacial score (nSPS) is 10.2. The summed E-state index contributed by atoms with van der Waals surface area (Å²) in [4.78, 5) is 11.5. The minimum absolute atomic E-state index is 0.0451. The Hall–Kier alpha value is -2.54. The van der Waals surface area contributed by atoms with Crippen molar-refractivity contribution < 1.29 is 18.7 Å². The third kappa shape index (κ3) is 2.97. The number of methoxy groups -OCH3 is 1. The number of carbonyl (C=O) groups is 1. The van der Waals surface area contributed by atoms with Gasteiger partial charge < -0.3 is 9.47 Å². The number of ether oxygens (including phenoxy) is 2. The number of fused-ring (bicyclic) bond motifs is 1. The van der Waals surface area contributed by atoms with Gasteiger partial charge in [-0.3, -0.25) is 4.79 Å². The summed E-state index contributed by atoms with van der Waals surface area (Å²) in [6.45, 7) is 2.21. The van der Waals surface area contributed by atoms with Gasteiger partial charge in [-0.25, -0.2) is 4.39 Å². The first-order chi connectivity index (χ1) is 10.1. The number of esters is 1. The molecule has 4 heteroatoms. The monoisotopic (exact) mass is 286 g/mol. The zero-order valence-corrected chi connectivity index (χ0v) is 11.9. The lowest BCUT2D eigenvalue weighted by Crippen LogP contribution is -2.08. The highest BCUT2D eigenvalue weighted by Gasteiger charge is 2.16. The summed E-state index contributed by atoms with van der Waals surface area (Å²) in [7, 11) is 1.32. The molecule has 2 aromatic carbocycles. The first-order valence-corrected chi connectivity index (χ1v) is 6.52. The Morgan fingerprint density at radius 1 is 1.38 bits per heavy atom. The molecule has 0 atom stereocenters. The van der Waals surface area contributed by atoms with Crippen molar-refractivity contribution in [2.45, 2.75) is 13.3 Å². The zero-order valence-electron chi connectivity index (χ0n) is 11.9. The van der Waals surface area contributed by atoms with E-state index in [-0.39, 0.29) is 12.2 Å². The molecule has 0 saturated carbocycles. The van der Waals surface area contributed by atoms with Crippen molar-refractivity contribution in [3.8, 4) is 18.1 Å². The molecule has 0 aliphatic rings. The average molecular weight is 286 g/mol. The molecule has 0 aliphatic heterocycles. The van der Waals surface area contributed by atoms with Gasteiger partial charge in [0.15, 0.2) is 0 Å². The van der Waals surface area contributed by atoms with Crippen molar-refractivity contribution in [1.82, 2.24) is 0 Å². The molecule has 21 heavy (non-hydrogen) atoms. The van der Waals surface area contributed by atoms with Crippen LogP contribution >= 0.6 is 0 Å². The van der Waals surface area contributed by atoms with Gasteiger partial charge in [-0.2, -0.15) is 0 Å². The van der Waals surface area contributed by atoms with E-state index in [1.54, 1.807) is 12.1 Å². The summed E-state index contributed by atoms with van der Waals surface area (Å²) in [5.41, 5.74) is 1.09. The Kier molecular flexibility index (Phi) is 4.44. The molecule has 0 radical (unpaired) electrons. The summed E-state index contributed by atoms with van der Waals surface area (Å²) >= 11 is 0. The van der Waals surface area contributed by atoms with E-state index in [1.807, 2.05) is 6.92 Å². The van der Waals surface area contributed by atoms with Crippen molar-refractivity contribution in [2.24, 2.45) is 0 Å². The van der Waals surface area contributed by atoms with Crippen LogP contribution in [0.15, 0.2) is 24.3 Å². The smallest absolute Gasteiger partial charge is 0.310 e. The van der Waals surface area contributed by atoms with Crippen molar-refractivity contribution in [1.29, 1.82) is 0 Å². The molecule has 0 unspecified atom stereocenters. The van der Waals surface area contributed by atoms with Gasteiger partial charge in [0.1, 0.15) is 11.6 Å². The lowest BCUT2D eigenvalue weighted by molar-refractivity contribution is -0.139. The summed E-state index contributed by atoms with van der Waals surface area (Å²) in [6, 6.07) is 6.14. The highest BCUT2D eigenvalue weighted by atomic mass is 19.1. The van der Waals surface area contributed by atoms with Gasteiger partial charge in [-0.15, -0.1) is 6.42 Å². The molecule has 0 heterocycles. The quantitative estimate of drug-likeness (QED) is 0.640. The first-order valence-electron chi connectivity index (χ1n) is 6.52. The Labute approximate surface area is 122 Å². The van der Waals surface area contributed by atoms with Gasteiger partial charge in [0, 0.05) is 5.39 Å². The van der Waals surface area contributed by atoms with E-state index in [2.05, 4.69) is 10.7 Å². The average Bonchev–Trinajstić information content (AvgIpc) is 2.48. The maximum atomic E-state index is 13.5. The third-order valence-electron chi connectivity index (χ3n) is 3.13. The minimum atomic E-state index is -0.393. The third-order valence-corrected chi connectivity index (χ3v) is 3.13. The van der Waals surface area contributed by atoms with E-state index in [0.29, 0.717) is 28.9 Å². The fourth-order valence-corrected chi connectivity index (χ4v) is 2.21. The van der Waals surface area contributed by atoms with Crippen molar-refractivity contribution >= 4 is 16.7 Å². The Bertz CT molecular complexity index is 729. The van der Waals surface area contributed by atoms with Crippen LogP contribution in [0.4, 0.5) is 4.39 Å². The molecule has 0 amide bonds. The summed E-state index contributed by atoms with van der Waals surface area (Å²) in [6.07, 6.45) is 5.60. The van der Waals surface area contributed by atoms with Gasteiger partial charge in [0.2, 0.25) is 0 Å². The maximum absolute atomic E-state index is 13.5. The fourth-order valence-electron chi connectivity index (χ4n) is 2.21. The predicted molar refractivity (Wildman–Crippen MR) is 78.7 cm³/mol. The largest absolute Gasteiger partial charge is 0.492 e. The zero-order chi connectivity index (χ0) is 15.4. The van der Waals surface area contributed by atoms with Crippen molar-refractivity contribution in [3.63, 3.8) is 0 Å². The Morgan fingerprint density at radius 3 is 2.76 bits per heavy atom. The van der Waals surface area contributed by atoms with E-state index in [1.165, 1.54) is 19.2 Å². The molecule has 0 aromatic heterocycles. The number of benzene rings is 2. The molecule has 2 rings (SSSR count). The van der Waals surface area contributed by atoms with E-state index in [0.717, 1.165) is 5.39 Å². The molecule has 0 aliphatic carbocycles. The van der Waals surface area contributed by atoms with Crippen LogP contribution in [-0.4, -0.2) is 19.7 Å². The van der Waals surface area contributed by atoms with Gasteiger partial charge in [0.25, 0.3) is 0 Å². The number of terminal acetylenes is 1. The fraction of sp³-hybridized carbons (Fsp3) is 0.235. The van der Waals surface area contributed by atoms with E-state index < -0.39 is 5.97 Å². The van der Waals surface area contributed by atoms with Crippen molar-refractivity contribution in [2.75, 3.05) is 13.7 Å². The van der Waals surface area contributed by atoms with Crippen LogP contribution in [0.2, 0.25) is 0 Å². The Morgan fingerprint density at radius 2 is 2.14 bits per heavy atom. The van der Waals surface area contributed by atoms with E-state index >= 15 is 0 Å². The number of hydrogen-bond donors (Lipinski definition) is 0. The molecule has 108 valence electrons. The van der Waals surface area contributed by atoms with Crippen LogP contribution < -0.4 is 4.74 Å². The molecule has 3 nitrogen and oxygen atoms in total. The van der Waals surface area contributed by atoms with E-state index in [4.69, 9.17) is 11.2 Å². The summed E-state index contributed by atoms with van der Waals surface area (Å²) in [5, 5.41) is 1.36. The second-order valence-corrected chi connectivity index (χ2v) is 4.44. The second kappa shape index (κ2) is 6.27. The second-order valence-electron chi connectivity index (χ2n) is 4.44. The van der Waals surface area contributed by atoms with Crippen LogP contribution in [0.3, 0.4) is 0 Å². The van der Waals surface area contributed by atoms with Crippen LogP contribution in [0, 0.1) is 18.2 Å². The molecular weight excluding hydrogens is 271 g/mol. The predicted octanol–water partition coefficient (Wildman–Crippen LogP) is 3.07. The summed E-state index contributed by atoms with van der Waals surface area (Å²) in [5.74, 6) is 2.20. The minimum Gasteiger partial charge on any atom is -0.492 e. The topological polar surface area (TPSA) is 35.5 Å². The number of rotatable bonds is 4. The molecule has 0 bridgehead atoms. The van der Waals surface area contributed by atoms with Crippen LogP contribution in [-0.2, 0) is 16.0 Å². The van der Waals surface area contributed by atoms with Crippen LogP contribution in [0.1, 0.15) is 18.1 Å². The molecule has 0 spiro atoms. The molecule has 0 fully saturated rings. The highest BCUT2D eigenvalue weighted by Crippen LogP contribution is 2.33. The molecular formula is C17H15FO3. The van der Waals surface area contributed by atoms with Crippen LogP contribution in [0.25, 0.3) is 10.8 Å². The molecule has 0 saturated heterocycles. The summed E-state index contributed by atoms with van der Waals surface area (Å²) < 4.78 is 23.7. The number of carbonyl (C=O) groups excluding carboxylic acids is 1. The van der Waals surface area contributed by atoms with Gasteiger partial charge in [-0.1, -0.05) is 12.0 Å². The maximum Gasteiger partial charge on any atom is 0.310 e. The highest BCUT2D eigenvalue weighted by molar-refractivity contribution is 5.93. The lowest BCUT2D eigenvalue weighted by Gasteiger charge is -2.14. The number of hydrogen-bond acceptors (Lipinski definition) is 3. The van der Waals surface area contributed by atoms with Gasteiger partial charge in [0.05, 0.1) is 25.7 Å².